The molecule has 2 rings (SSSR count). The maximum absolute atomic E-state index is 12.4. The number of carbonyl (C=O) groups excluding carboxylic acids is 1. The first kappa shape index (κ1) is 13.4. The van der Waals surface area contributed by atoms with Gasteiger partial charge in [-0.1, -0.05) is 17.3 Å². The summed E-state index contributed by atoms with van der Waals surface area (Å²) >= 11 is 0. The zero-order valence-electron chi connectivity index (χ0n) is 11.0. The Hall–Kier alpha value is -2.04. The van der Waals surface area contributed by atoms with E-state index in [0.717, 1.165) is 19.4 Å². The second-order valence-corrected chi connectivity index (χ2v) is 4.91. The molecule has 0 bridgehead atoms. The first-order valence-electron chi connectivity index (χ1n) is 6.52. The topological polar surface area (TPSA) is 78.9 Å². The van der Waals surface area contributed by atoms with Crippen molar-refractivity contribution >= 4 is 11.7 Å². The molecule has 1 aliphatic rings. The Morgan fingerprint density at radius 1 is 1.32 bits per heavy atom. The third-order valence-corrected chi connectivity index (χ3v) is 3.60. The lowest BCUT2D eigenvalue weighted by molar-refractivity contribution is 0.0635. The molecule has 1 heterocycles. The van der Waals surface area contributed by atoms with E-state index in [1.54, 1.807) is 24.3 Å². The molecule has 5 heteroatoms. The van der Waals surface area contributed by atoms with Crippen molar-refractivity contribution in [3.63, 3.8) is 0 Å². The molecular weight excluding hydrogens is 242 g/mol. The normalized spacial score (nSPS) is 20.4. The molecular formula is C14H19N3O2. The van der Waals surface area contributed by atoms with Crippen molar-refractivity contribution in [2.75, 3.05) is 6.54 Å². The summed E-state index contributed by atoms with van der Waals surface area (Å²) in [5.74, 6) is 0.101. The molecule has 0 spiro atoms. The van der Waals surface area contributed by atoms with Crippen LogP contribution in [0.25, 0.3) is 0 Å². The van der Waals surface area contributed by atoms with E-state index in [2.05, 4.69) is 12.1 Å². The van der Waals surface area contributed by atoms with Gasteiger partial charge in [0.05, 0.1) is 0 Å². The lowest BCUT2D eigenvalue weighted by Gasteiger charge is -2.33. The number of benzene rings is 1. The van der Waals surface area contributed by atoms with E-state index < -0.39 is 0 Å². The van der Waals surface area contributed by atoms with Crippen molar-refractivity contribution in [3.05, 3.63) is 35.4 Å². The van der Waals surface area contributed by atoms with Gasteiger partial charge < -0.3 is 15.8 Å². The Morgan fingerprint density at radius 2 is 1.95 bits per heavy atom. The predicted molar refractivity (Wildman–Crippen MR) is 73.3 cm³/mol. The minimum absolute atomic E-state index is 0.0466. The van der Waals surface area contributed by atoms with E-state index in [9.17, 15) is 4.79 Å². The van der Waals surface area contributed by atoms with Crippen LogP contribution in [-0.2, 0) is 0 Å². The summed E-state index contributed by atoms with van der Waals surface area (Å²) in [6.45, 7) is 2.91. The zero-order valence-corrected chi connectivity index (χ0v) is 11.0. The van der Waals surface area contributed by atoms with E-state index in [-0.39, 0.29) is 11.7 Å². The van der Waals surface area contributed by atoms with Gasteiger partial charge in [0, 0.05) is 23.7 Å². The van der Waals surface area contributed by atoms with Gasteiger partial charge in [-0.25, -0.2) is 0 Å². The molecule has 19 heavy (non-hydrogen) atoms. The van der Waals surface area contributed by atoms with Crippen LogP contribution < -0.4 is 5.73 Å². The number of nitrogens with zero attached hydrogens (tertiary/aromatic N) is 2. The van der Waals surface area contributed by atoms with Gasteiger partial charge in [0.1, 0.15) is 0 Å². The zero-order chi connectivity index (χ0) is 13.8. The van der Waals surface area contributed by atoms with Crippen molar-refractivity contribution in [2.24, 2.45) is 10.9 Å². The van der Waals surface area contributed by atoms with Gasteiger partial charge in [0.25, 0.3) is 5.91 Å². The van der Waals surface area contributed by atoms with E-state index in [1.807, 2.05) is 4.90 Å². The molecule has 1 saturated heterocycles. The third-order valence-electron chi connectivity index (χ3n) is 3.60. The molecule has 1 aromatic rings. The SMILES string of the molecule is CC1CCCCN1C(=O)c1ccc(/C(N)=N/O)cc1. The summed E-state index contributed by atoms with van der Waals surface area (Å²) in [5.41, 5.74) is 6.73. The summed E-state index contributed by atoms with van der Waals surface area (Å²) < 4.78 is 0. The number of amidine groups is 1. The Morgan fingerprint density at radius 3 is 2.53 bits per heavy atom. The Kier molecular flexibility index (Phi) is 4.04. The molecule has 0 radical (unpaired) electrons. The van der Waals surface area contributed by atoms with Crippen LogP contribution in [0.1, 0.15) is 42.1 Å². The van der Waals surface area contributed by atoms with Gasteiger partial charge in [-0.05, 0) is 38.3 Å². The number of oxime groups is 1. The maximum Gasteiger partial charge on any atom is 0.254 e. The summed E-state index contributed by atoms with van der Waals surface area (Å²) in [5, 5.41) is 11.5. The number of hydrogen-bond acceptors (Lipinski definition) is 3. The molecule has 1 aromatic carbocycles. The number of carbonyl (C=O) groups is 1. The van der Waals surface area contributed by atoms with E-state index in [0.29, 0.717) is 17.2 Å². The Bertz CT molecular complexity index is 482. The second-order valence-electron chi connectivity index (χ2n) is 4.91. The highest BCUT2D eigenvalue weighted by atomic mass is 16.4. The average Bonchev–Trinajstić information content (AvgIpc) is 2.46. The van der Waals surface area contributed by atoms with E-state index in [4.69, 9.17) is 10.9 Å². The van der Waals surface area contributed by atoms with E-state index in [1.165, 1.54) is 6.42 Å². The van der Waals surface area contributed by atoms with Crippen molar-refractivity contribution in [2.45, 2.75) is 32.2 Å². The van der Waals surface area contributed by atoms with Crippen molar-refractivity contribution in [1.29, 1.82) is 0 Å². The quantitative estimate of drug-likeness (QED) is 0.369. The minimum Gasteiger partial charge on any atom is -0.409 e. The Labute approximate surface area is 112 Å². The number of hydrogen-bond donors (Lipinski definition) is 2. The molecule has 0 saturated carbocycles. The van der Waals surface area contributed by atoms with Gasteiger partial charge in [-0.15, -0.1) is 0 Å². The molecule has 1 fully saturated rings. The van der Waals surface area contributed by atoms with E-state index >= 15 is 0 Å². The fourth-order valence-electron chi connectivity index (χ4n) is 2.41. The lowest BCUT2D eigenvalue weighted by Crippen LogP contribution is -2.42. The van der Waals surface area contributed by atoms with Crippen molar-refractivity contribution in [3.8, 4) is 0 Å². The molecule has 1 amide bonds. The van der Waals surface area contributed by atoms with Gasteiger partial charge >= 0.3 is 0 Å². The highest BCUT2D eigenvalue weighted by molar-refractivity contribution is 5.99. The number of nitrogens with two attached hydrogens (primary N) is 1. The second kappa shape index (κ2) is 5.73. The summed E-state index contributed by atoms with van der Waals surface area (Å²) in [4.78, 5) is 14.3. The smallest absolute Gasteiger partial charge is 0.254 e. The van der Waals surface area contributed by atoms with Gasteiger partial charge in [-0.3, -0.25) is 4.79 Å². The van der Waals surface area contributed by atoms with Gasteiger partial charge in [-0.2, -0.15) is 0 Å². The Balaban J connectivity index is 2.15. The maximum atomic E-state index is 12.4. The molecule has 1 atom stereocenters. The van der Waals surface area contributed by atoms with Crippen LogP contribution in [0.5, 0.6) is 0 Å². The van der Waals surface area contributed by atoms with Crippen molar-refractivity contribution in [1.82, 2.24) is 4.90 Å². The highest BCUT2D eigenvalue weighted by Gasteiger charge is 2.23. The molecule has 5 nitrogen and oxygen atoms in total. The fourth-order valence-corrected chi connectivity index (χ4v) is 2.41. The summed E-state index contributed by atoms with van der Waals surface area (Å²) in [7, 11) is 0. The van der Waals surface area contributed by atoms with Crippen LogP contribution in [0, 0.1) is 0 Å². The number of likely N-dealkylation sites (tertiary alicyclic amines) is 1. The molecule has 1 unspecified atom stereocenters. The van der Waals surface area contributed by atoms with Crippen LogP contribution in [-0.4, -0.2) is 34.4 Å². The highest BCUT2D eigenvalue weighted by Crippen LogP contribution is 2.19. The van der Waals surface area contributed by atoms with Gasteiger partial charge in [0.15, 0.2) is 5.84 Å². The van der Waals surface area contributed by atoms with Gasteiger partial charge in [0.2, 0.25) is 0 Å². The standard InChI is InChI=1S/C14H19N3O2/c1-10-4-2-3-9-17(10)14(18)12-7-5-11(6-8-12)13(15)16-19/h5-8,10,19H,2-4,9H2,1H3,(H2,15,16). The summed E-state index contributed by atoms with van der Waals surface area (Å²) in [6, 6.07) is 7.12. The lowest BCUT2D eigenvalue weighted by atomic mass is 10.0. The molecule has 3 N–H and O–H groups in total. The fraction of sp³-hybridized carbons (Fsp3) is 0.429. The first-order chi connectivity index (χ1) is 9.13. The van der Waals surface area contributed by atoms with Crippen LogP contribution >= 0.6 is 0 Å². The summed E-state index contributed by atoms with van der Waals surface area (Å²) in [6.07, 6.45) is 3.32. The predicted octanol–water partition coefficient (Wildman–Crippen LogP) is 1.80. The number of amides is 1. The van der Waals surface area contributed by atoms with Crippen LogP contribution in [0.15, 0.2) is 29.4 Å². The number of piperidine rings is 1. The van der Waals surface area contributed by atoms with Crippen molar-refractivity contribution < 1.29 is 10.0 Å². The third kappa shape index (κ3) is 2.86. The average molecular weight is 261 g/mol. The first-order valence-corrected chi connectivity index (χ1v) is 6.52. The van der Waals surface area contributed by atoms with Crippen LogP contribution in [0.3, 0.4) is 0 Å². The largest absolute Gasteiger partial charge is 0.409 e. The monoisotopic (exact) mass is 261 g/mol. The minimum atomic E-state index is 0.0466. The van der Waals surface area contributed by atoms with Crippen LogP contribution in [0.2, 0.25) is 0 Å². The molecule has 0 aromatic heterocycles. The molecule has 102 valence electrons. The molecule has 0 aliphatic carbocycles. The van der Waals surface area contributed by atoms with Crippen LogP contribution in [0.4, 0.5) is 0 Å². The molecule has 1 aliphatic heterocycles. The number of rotatable bonds is 2.